The third-order valence-corrected chi connectivity index (χ3v) is 4.42. The van der Waals surface area contributed by atoms with Crippen molar-refractivity contribution in [2.45, 2.75) is 26.4 Å². The van der Waals surface area contributed by atoms with E-state index in [1.807, 2.05) is 26.8 Å². The Bertz CT molecular complexity index is 927. The molecule has 1 saturated heterocycles. The van der Waals surface area contributed by atoms with Gasteiger partial charge in [-0.25, -0.2) is 14.8 Å². The van der Waals surface area contributed by atoms with E-state index in [1.54, 1.807) is 24.1 Å². The lowest BCUT2D eigenvalue weighted by Gasteiger charge is -2.36. The Balaban J connectivity index is 1.82. The average molecular weight is 399 g/mol. The second-order valence-electron chi connectivity index (χ2n) is 7.62. The Morgan fingerprint density at radius 3 is 2.52 bits per heavy atom. The van der Waals surface area contributed by atoms with Gasteiger partial charge in [-0.1, -0.05) is 0 Å². The molecule has 1 amide bonds. The van der Waals surface area contributed by atoms with Gasteiger partial charge < -0.3 is 24.0 Å². The number of nitrogens with zero attached hydrogens (tertiary/aromatic N) is 5. The minimum absolute atomic E-state index is 0.0839. The molecule has 2 heterocycles. The average Bonchev–Trinajstić information content (AvgIpc) is 2.70. The number of hydrogen-bond acceptors (Lipinski definition) is 8. The summed E-state index contributed by atoms with van der Waals surface area (Å²) >= 11 is 0. The molecule has 9 heteroatoms. The first-order chi connectivity index (χ1) is 13.8. The smallest absolute Gasteiger partial charge is 0.410 e. The third kappa shape index (κ3) is 4.77. The van der Waals surface area contributed by atoms with E-state index in [9.17, 15) is 4.79 Å². The third-order valence-electron chi connectivity index (χ3n) is 4.42. The molecule has 0 N–H and O–H groups in total. The van der Waals surface area contributed by atoms with Crippen LogP contribution in [0.3, 0.4) is 0 Å². The Morgan fingerprint density at radius 1 is 1.17 bits per heavy atom. The number of amides is 1. The van der Waals surface area contributed by atoms with Gasteiger partial charge in [0.15, 0.2) is 18.1 Å². The van der Waals surface area contributed by atoms with Crippen LogP contribution in [0.4, 0.5) is 10.6 Å². The van der Waals surface area contributed by atoms with E-state index in [2.05, 4.69) is 14.9 Å². The molecule has 1 aliphatic heterocycles. The van der Waals surface area contributed by atoms with Crippen LogP contribution in [0.1, 0.15) is 20.8 Å². The van der Waals surface area contributed by atoms with E-state index in [-0.39, 0.29) is 12.7 Å². The van der Waals surface area contributed by atoms with Crippen LogP contribution in [0, 0.1) is 11.3 Å². The monoisotopic (exact) mass is 399 g/mol. The van der Waals surface area contributed by atoms with Gasteiger partial charge >= 0.3 is 6.09 Å². The Labute approximate surface area is 169 Å². The number of ether oxygens (including phenoxy) is 3. The standard InChI is InChI=1S/C20H25N5O4/c1-20(2,3)29-19(26)25-8-6-24(7-9-25)18-14-11-17(28-10-5-21)16(27-4)12-15(14)22-13-23-18/h11-13H,6-10H2,1-4H3. The van der Waals surface area contributed by atoms with Crippen molar-refractivity contribution in [2.24, 2.45) is 0 Å². The van der Waals surface area contributed by atoms with Gasteiger partial charge in [0.25, 0.3) is 0 Å². The number of aromatic nitrogens is 2. The lowest BCUT2D eigenvalue weighted by molar-refractivity contribution is 0.0240. The van der Waals surface area contributed by atoms with E-state index in [0.717, 1.165) is 11.2 Å². The SMILES string of the molecule is COc1cc2ncnc(N3CCN(C(=O)OC(C)(C)C)CC3)c2cc1OCC#N. The quantitative estimate of drug-likeness (QED) is 0.773. The van der Waals surface area contributed by atoms with Crippen LogP contribution in [-0.2, 0) is 4.74 Å². The van der Waals surface area contributed by atoms with E-state index in [4.69, 9.17) is 19.5 Å². The zero-order valence-corrected chi connectivity index (χ0v) is 17.1. The Morgan fingerprint density at radius 2 is 1.90 bits per heavy atom. The van der Waals surface area contributed by atoms with E-state index < -0.39 is 5.60 Å². The van der Waals surface area contributed by atoms with Gasteiger partial charge in [0, 0.05) is 37.6 Å². The van der Waals surface area contributed by atoms with Crippen LogP contribution < -0.4 is 14.4 Å². The van der Waals surface area contributed by atoms with Crippen LogP contribution in [-0.4, -0.2) is 66.5 Å². The number of benzene rings is 1. The fourth-order valence-electron chi connectivity index (χ4n) is 3.11. The van der Waals surface area contributed by atoms with Gasteiger partial charge in [-0.2, -0.15) is 5.26 Å². The minimum Gasteiger partial charge on any atom is -0.493 e. The van der Waals surface area contributed by atoms with E-state index in [1.165, 1.54) is 6.33 Å². The number of nitriles is 1. The highest BCUT2D eigenvalue weighted by molar-refractivity contribution is 5.92. The number of fused-ring (bicyclic) bond motifs is 1. The molecule has 9 nitrogen and oxygen atoms in total. The molecule has 1 aromatic carbocycles. The van der Waals surface area contributed by atoms with Gasteiger partial charge in [-0.3, -0.25) is 0 Å². The van der Waals surface area contributed by atoms with Crippen molar-refractivity contribution in [3.63, 3.8) is 0 Å². The number of anilines is 1. The molecule has 0 unspecified atom stereocenters. The predicted molar refractivity (Wildman–Crippen MR) is 107 cm³/mol. The molecular formula is C20H25N5O4. The van der Waals surface area contributed by atoms with Crippen molar-refractivity contribution in [1.82, 2.24) is 14.9 Å². The highest BCUT2D eigenvalue weighted by Crippen LogP contribution is 2.35. The summed E-state index contributed by atoms with van der Waals surface area (Å²) in [6.07, 6.45) is 1.20. The topological polar surface area (TPSA) is 101 Å². The van der Waals surface area contributed by atoms with Crippen LogP contribution in [0.5, 0.6) is 11.5 Å². The number of piperazine rings is 1. The fourth-order valence-corrected chi connectivity index (χ4v) is 3.11. The van der Waals surface area contributed by atoms with Gasteiger partial charge in [0.1, 0.15) is 23.8 Å². The number of rotatable bonds is 4. The molecule has 154 valence electrons. The summed E-state index contributed by atoms with van der Waals surface area (Å²) in [5.74, 6) is 1.72. The molecule has 3 rings (SSSR count). The lowest BCUT2D eigenvalue weighted by Crippen LogP contribution is -2.50. The number of carbonyl (C=O) groups excluding carboxylic acids is 1. The van der Waals surface area contributed by atoms with Gasteiger partial charge in [0.05, 0.1) is 12.6 Å². The largest absolute Gasteiger partial charge is 0.493 e. The zero-order valence-electron chi connectivity index (χ0n) is 17.1. The molecule has 0 aliphatic carbocycles. The van der Waals surface area contributed by atoms with Crippen LogP contribution in [0.25, 0.3) is 10.9 Å². The van der Waals surface area contributed by atoms with Crippen molar-refractivity contribution in [3.05, 3.63) is 18.5 Å². The first-order valence-electron chi connectivity index (χ1n) is 9.38. The van der Waals surface area contributed by atoms with Crippen molar-refractivity contribution in [2.75, 3.05) is 44.8 Å². The second kappa shape index (κ2) is 8.39. The fraction of sp³-hybridized carbons (Fsp3) is 0.500. The maximum absolute atomic E-state index is 12.3. The van der Waals surface area contributed by atoms with Crippen molar-refractivity contribution < 1.29 is 19.0 Å². The normalized spacial score (nSPS) is 14.4. The second-order valence-corrected chi connectivity index (χ2v) is 7.62. The molecule has 2 aromatic rings. The summed E-state index contributed by atoms with van der Waals surface area (Å²) in [6, 6.07) is 5.52. The van der Waals surface area contributed by atoms with Crippen molar-refractivity contribution in [1.29, 1.82) is 5.26 Å². The van der Waals surface area contributed by atoms with Crippen LogP contribution in [0.2, 0.25) is 0 Å². The molecule has 0 saturated carbocycles. The molecule has 0 bridgehead atoms. The maximum atomic E-state index is 12.3. The highest BCUT2D eigenvalue weighted by Gasteiger charge is 2.27. The van der Waals surface area contributed by atoms with Crippen molar-refractivity contribution in [3.8, 4) is 17.6 Å². The molecule has 0 atom stereocenters. The summed E-state index contributed by atoms with van der Waals surface area (Å²) in [7, 11) is 1.54. The summed E-state index contributed by atoms with van der Waals surface area (Å²) < 4.78 is 16.3. The first-order valence-corrected chi connectivity index (χ1v) is 9.38. The van der Waals surface area contributed by atoms with Crippen LogP contribution in [0.15, 0.2) is 18.5 Å². The highest BCUT2D eigenvalue weighted by atomic mass is 16.6. The van der Waals surface area contributed by atoms with Gasteiger partial charge in [-0.15, -0.1) is 0 Å². The minimum atomic E-state index is -0.518. The van der Waals surface area contributed by atoms with Crippen LogP contribution >= 0.6 is 0 Å². The maximum Gasteiger partial charge on any atom is 0.410 e. The molecule has 1 fully saturated rings. The molecular weight excluding hydrogens is 374 g/mol. The van der Waals surface area contributed by atoms with Gasteiger partial charge in [0.2, 0.25) is 0 Å². The predicted octanol–water partition coefficient (Wildman–Crippen LogP) is 2.60. The van der Waals surface area contributed by atoms with Gasteiger partial charge in [-0.05, 0) is 26.8 Å². The lowest BCUT2D eigenvalue weighted by atomic mass is 10.2. The first kappa shape index (κ1) is 20.5. The van der Waals surface area contributed by atoms with Crippen molar-refractivity contribution >= 4 is 22.8 Å². The Hall–Kier alpha value is -3.28. The number of hydrogen-bond donors (Lipinski definition) is 0. The summed E-state index contributed by atoms with van der Waals surface area (Å²) in [5.41, 5.74) is 0.196. The summed E-state index contributed by atoms with van der Waals surface area (Å²) in [6.45, 7) is 7.79. The Kier molecular flexibility index (Phi) is 5.92. The summed E-state index contributed by atoms with van der Waals surface area (Å²) in [4.78, 5) is 24.9. The molecule has 0 spiro atoms. The van der Waals surface area contributed by atoms with E-state index in [0.29, 0.717) is 43.2 Å². The van der Waals surface area contributed by atoms with E-state index >= 15 is 0 Å². The summed E-state index contributed by atoms with van der Waals surface area (Å²) in [5, 5.41) is 9.61. The number of carbonyl (C=O) groups is 1. The number of methoxy groups -OCH3 is 1. The zero-order chi connectivity index (χ0) is 21.0. The molecule has 1 aromatic heterocycles. The molecule has 29 heavy (non-hydrogen) atoms. The molecule has 1 aliphatic rings. The molecule has 0 radical (unpaired) electrons.